The number of benzene rings is 2. The maximum Gasteiger partial charge on any atom is 0.338 e. The Kier molecular flexibility index (Phi) is 9.18. The van der Waals surface area contributed by atoms with Crippen molar-refractivity contribution in [1.29, 1.82) is 0 Å². The molecule has 0 N–H and O–H groups in total. The van der Waals surface area contributed by atoms with Crippen LogP contribution in [0.2, 0.25) is 0 Å². The van der Waals surface area contributed by atoms with Crippen molar-refractivity contribution >= 4 is 5.97 Å². The Morgan fingerprint density at radius 3 is 2.06 bits per heavy atom. The number of rotatable bonds is 9. The molecule has 0 amide bonds. The summed E-state index contributed by atoms with van der Waals surface area (Å²) in [4.78, 5) is 13.1. The molecule has 2 aliphatic carbocycles. The molecule has 0 saturated heterocycles. The van der Waals surface area contributed by atoms with Crippen LogP contribution in [0, 0.1) is 17.7 Å². The minimum absolute atomic E-state index is 0.0467. The number of esters is 1. The normalized spacial score (nSPS) is 17.7. The summed E-state index contributed by atoms with van der Waals surface area (Å²) in [6, 6.07) is 12.8. The van der Waals surface area contributed by atoms with Gasteiger partial charge in [-0.15, -0.1) is 0 Å². The molecule has 0 heterocycles. The van der Waals surface area contributed by atoms with E-state index in [0.29, 0.717) is 23.0 Å². The van der Waals surface area contributed by atoms with Crippen molar-refractivity contribution in [2.45, 2.75) is 103 Å². The molecule has 0 aliphatic heterocycles. The first kappa shape index (κ1) is 24.9. The molecule has 2 aliphatic rings. The smallest absolute Gasteiger partial charge is 0.338 e. The Labute approximate surface area is 205 Å². The van der Waals surface area contributed by atoms with Crippen LogP contribution in [-0.4, -0.2) is 12.1 Å². The SMILES string of the molecule is CCCCCc1ccc(-c2ccc(C(=O)OC(C3CCCCC3)C3CCCCC3)cc2)c(F)c1. The maximum atomic E-state index is 14.8. The first-order valence-electron chi connectivity index (χ1n) is 13.8. The van der Waals surface area contributed by atoms with Crippen LogP contribution in [-0.2, 0) is 11.2 Å². The van der Waals surface area contributed by atoms with E-state index in [4.69, 9.17) is 4.74 Å². The third-order valence-corrected chi connectivity index (χ3v) is 8.01. The Morgan fingerprint density at radius 1 is 0.882 bits per heavy atom. The van der Waals surface area contributed by atoms with Gasteiger partial charge in [-0.05, 0) is 79.7 Å². The monoisotopic (exact) mass is 464 g/mol. The number of hydrogen-bond donors (Lipinski definition) is 0. The third-order valence-electron chi connectivity index (χ3n) is 8.01. The Hall–Kier alpha value is -2.16. The molecule has 0 atom stereocenters. The predicted octanol–water partition coefficient (Wildman–Crippen LogP) is 8.91. The lowest BCUT2D eigenvalue weighted by Crippen LogP contribution is -2.36. The summed E-state index contributed by atoms with van der Waals surface area (Å²) < 4.78 is 21.0. The maximum absolute atomic E-state index is 14.8. The first-order chi connectivity index (χ1) is 16.7. The number of halogens is 1. The van der Waals surface area contributed by atoms with Gasteiger partial charge >= 0.3 is 5.97 Å². The molecule has 0 spiro atoms. The van der Waals surface area contributed by atoms with Gasteiger partial charge in [-0.3, -0.25) is 0 Å². The highest BCUT2D eigenvalue weighted by molar-refractivity contribution is 5.90. The number of aryl methyl sites for hydroxylation is 1. The molecule has 0 radical (unpaired) electrons. The van der Waals surface area contributed by atoms with Gasteiger partial charge in [0.05, 0.1) is 5.56 Å². The topological polar surface area (TPSA) is 26.3 Å². The lowest BCUT2D eigenvalue weighted by Gasteiger charge is -2.37. The molecule has 2 aromatic carbocycles. The predicted molar refractivity (Wildman–Crippen MR) is 137 cm³/mol. The molecule has 3 heteroatoms. The Bertz CT molecular complexity index is 890. The first-order valence-corrected chi connectivity index (χ1v) is 13.8. The zero-order valence-electron chi connectivity index (χ0n) is 20.9. The third kappa shape index (κ3) is 6.49. The quantitative estimate of drug-likeness (QED) is 0.273. The van der Waals surface area contributed by atoms with Crippen LogP contribution in [0.5, 0.6) is 0 Å². The summed E-state index contributed by atoms with van der Waals surface area (Å²) in [6.45, 7) is 2.18. The summed E-state index contributed by atoms with van der Waals surface area (Å²) in [5.74, 6) is 0.591. The van der Waals surface area contributed by atoms with E-state index in [9.17, 15) is 9.18 Å². The van der Waals surface area contributed by atoms with E-state index in [1.165, 1.54) is 70.6 Å². The summed E-state index contributed by atoms with van der Waals surface area (Å²) in [6.07, 6.45) is 16.7. The van der Waals surface area contributed by atoms with Gasteiger partial charge in [-0.1, -0.05) is 82.6 Å². The fourth-order valence-corrected chi connectivity index (χ4v) is 6.01. The minimum Gasteiger partial charge on any atom is -0.458 e. The fourth-order valence-electron chi connectivity index (χ4n) is 6.01. The standard InChI is InChI=1S/C31H41FO2/c1-2-3-6-11-23-16-21-28(29(32)22-23)24-17-19-27(20-18-24)31(33)34-30(25-12-7-4-8-13-25)26-14-9-5-10-15-26/h16-22,25-26,30H,2-15H2,1H3. The number of ether oxygens (including phenoxy) is 1. The van der Waals surface area contributed by atoms with Crippen molar-refractivity contribution < 1.29 is 13.9 Å². The highest BCUT2D eigenvalue weighted by Crippen LogP contribution is 2.38. The van der Waals surface area contributed by atoms with E-state index in [1.54, 1.807) is 18.2 Å². The molecule has 34 heavy (non-hydrogen) atoms. The molecule has 4 rings (SSSR count). The van der Waals surface area contributed by atoms with Gasteiger partial charge < -0.3 is 4.74 Å². The van der Waals surface area contributed by atoms with Crippen molar-refractivity contribution in [3.8, 4) is 11.1 Å². The number of carbonyl (C=O) groups excluding carboxylic acids is 1. The minimum atomic E-state index is -0.223. The van der Waals surface area contributed by atoms with Gasteiger partial charge in [0, 0.05) is 5.56 Å². The number of unbranched alkanes of at least 4 members (excludes halogenated alkanes) is 2. The molecule has 2 aromatic rings. The Morgan fingerprint density at radius 2 is 1.50 bits per heavy atom. The van der Waals surface area contributed by atoms with Crippen LogP contribution in [0.15, 0.2) is 42.5 Å². The van der Waals surface area contributed by atoms with E-state index >= 15 is 0 Å². The van der Waals surface area contributed by atoms with Gasteiger partial charge in [0.1, 0.15) is 11.9 Å². The molecule has 2 fully saturated rings. The van der Waals surface area contributed by atoms with E-state index in [0.717, 1.165) is 30.4 Å². The number of hydrogen-bond acceptors (Lipinski definition) is 2. The molecular formula is C31H41FO2. The van der Waals surface area contributed by atoms with Gasteiger partial charge in [-0.25, -0.2) is 9.18 Å². The number of carbonyl (C=O) groups is 1. The lowest BCUT2D eigenvalue weighted by atomic mass is 9.75. The Balaban J connectivity index is 1.43. The van der Waals surface area contributed by atoms with E-state index < -0.39 is 0 Å². The zero-order chi connectivity index (χ0) is 23.8. The van der Waals surface area contributed by atoms with Crippen LogP contribution in [0.25, 0.3) is 11.1 Å². The zero-order valence-corrected chi connectivity index (χ0v) is 20.9. The lowest BCUT2D eigenvalue weighted by molar-refractivity contribution is -0.0232. The average Bonchev–Trinajstić information content (AvgIpc) is 2.88. The van der Waals surface area contributed by atoms with Crippen LogP contribution < -0.4 is 0 Å². The van der Waals surface area contributed by atoms with Crippen molar-refractivity contribution in [2.24, 2.45) is 11.8 Å². The van der Waals surface area contributed by atoms with E-state index in [-0.39, 0.29) is 17.9 Å². The molecule has 2 saturated carbocycles. The largest absolute Gasteiger partial charge is 0.458 e. The summed E-state index contributed by atoms with van der Waals surface area (Å²) in [7, 11) is 0. The molecule has 184 valence electrons. The van der Waals surface area contributed by atoms with E-state index in [1.807, 2.05) is 24.3 Å². The van der Waals surface area contributed by atoms with Crippen molar-refractivity contribution in [1.82, 2.24) is 0 Å². The van der Waals surface area contributed by atoms with Crippen molar-refractivity contribution in [3.63, 3.8) is 0 Å². The van der Waals surface area contributed by atoms with Gasteiger partial charge in [0.15, 0.2) is 0 Å². The molecular weight excluding hydrogens is 423 g/mol. The molecule has 0 unspecified atom stereocenters. The molecule has 2 nitrogen and oxygen atoms in total. The van der Waals surface area contributed by atoms with Crippen LogP contribution in [0.3, 0.4) is 0 Å². The second kappa shape index (κ2) is 12.5. The highest BCUT2D eigenvalue weighted by Gasteiger charge is 2.34. The summed E-state index contributed by atoms with van der Waals surface area (Å²) >= 11 is 0. The van der Waals surface area contributed by atoms with E-state index in [2.05, 4.69) is 6.92 Å². The van der Waals surface area contributed by atoms with Crippen molar-refractivity contribution in [2.75, 3.05) is 0 Å². The summed E-state index contributed by atoms with van der Waals surface area (Å²) in [5.41, 5.74) is 3.00. The van der Waals surface area contributed by atoms with Crippen LogP contribution >= 0.6 is 0 Å². The summed E-state index contributed by atoms with van der Waals surface area (Å²) in [5, 5.41) is 0. The van der Waals surface area contributed by atoms with Gasteiger partial charge in [0.2, 0.25) is 0 Å². The second-order valence-electron chi connectivity index (χ2n) is 10.5. The molecule has 0 aromatic heterocycles. The second-order valence-corrected chi connectivity index (χ2v) is 10.5. The molecule has 0 bridgehead atoms. The van der Waals surface area contributed by atoms with Gasteiger partial charge in [0.25, 0.3) is 0 Å². The van der Waals surface area contributed by atoms with Crippen molar-refractivity contribution in [3.05, 3.63) is 59.4 Å². The van der Waals surface area contributed by atoms with Gasteiger partial charge in [-0.2, -0.15) is 0 Å². The highest BCUT2D eigenvalue weighted by atomic mass is 19.1. The van der Waals surface area contributed by atoms with Crippen LogP contribution in [0.1, 0.15) is 106 Å². The fraction of sp³-hybridized carbons (Fsp3) is 0.581. The van der Waals surface area contributed by atoms with Crippen LogP contribution in [0.4, 0.5) is 4.39 Å². The average molecular weight is 465 g/mol.